The van der Waals surface area contributed by atoms with Crippen molar-refractivity contribution in [3.8, 4) is 0 Å². The standard InChI is InChI=1S/C16H35NO2S/c1-13(2,3)11-15(7,8)17(20(18)19)16(9,10)12-14(4,5)6/h20H,11-12H2,1-10H3. The molecule has 0 amide bonds. The number of thiol groups is 1. The van der Waals surface area contributed by atoms with Crippen molar-refractivity contribution in [1.29, 1.82) is 0 Å². The lowest BCUT2D eigenvalue weighted by atomic mass is 9.77. The second kappa shape index (κ2) is 5.96. The lowest BCUT2D eigenvalue weighted by Gasteiger charge is -2.48. The van der Waals surface area contributed by atoms with Gasteiger partial charge >= 0.3 is 0 Å². The van der Waals surface area contributed by atoms with Gasteiger partial charge in [0.15, 0.2) is 0 Å². The van der Waals surface area contributed by atoms with E-state index in [9.17, 15) is 8.42 Å². The molecule has 0 spiro atoms. The first-order valence-corrected chi connectivity index (χ1v) is 8.56. The van der Waals surface area contributed by atoms with Crippen LogP contribution in [-0.2, 0) is 10.9 Å². The summed E-state index contributed by atoms with van der Waals surface area (Å²) < 4.78 is 25.6. The van der Waals surface area contributed by atoms with Gasteiger partial charge in [-0.2, -0.15) is 4.31 Å². The number of hydrogen-bond donors (Lipinski definition) is 1. The predicted molar refractivity (Wildman–Crippen MR) is 88.5 cm³/mol. The summed E-state index contributed by atoms with van der Waals surface area (Å²) in [4.78, 5) is 0. The monoisotopic (exact) mass is 305 g/mol. The van der Waals surface area contributed by atoms with Crippen molar-refractivity contribution < 1.29 is 8.42 Å². The highest BCUT2D eigenvalue weighted by Gasteiger charge is 2.43. The first kappa shape index (κ1) is 19.9. The molecule has 0 aliphatic rings. The molecule has 3 nitrogen and oxygen atoms in total. The van der Waals surface area contributed by atoms with E-state index in [0.717, 1.165) is 12.8 Å². The molecule has 0 radical (unpaired) electrons. The van der Waals surface area contributed by atoms with Crippen LogP contribution in [0.4, 0.5) is 0 Å². The zero-order valence-electron chi connectivity index (χ0n) is 15.1. The highest BCUT2D eigenvalue weighted by atomic mass is 32.2. The minimum atomic E-state index is -2.61. The van der Waals surface area contributed by atoms with E-state index >= 15 is 0 Å². The molecule has 0 saturated carbocycles. The molecule has 0 aromatic carbocycles. The first-order chi connectivity index (χ1) is 8.48. The molecule has 0 aliphatic heterocycles. The molecule has 0 aromatic heterocycles. The third-order valence-electron chi connectivity index (χ3n) is 3.24. The molecular formula is C16H35NO2S. The molecule has 4 heteroatoms. The summed E-state index contributed by atoms with van der Waals surface area (Å²) in [5.41, 5.74) is -0.597. The largest absolute Gasteiger partial charge is 0.215 e. The fourth-order valence-electron chi connectivity index (χ4n) is 4.01. The molecule has 0 aliphatic carbocycles. The second-order valence-electron chi connectivity index (χ2n) is 9.65. The summed E-state index contributed by atoms with van der Waals surface area (Å²) in [7, 11) is -2.61. The van der Waals surface area contributed by atoms with Gasteiger partial charge in [-0.3, -0.25) is 0 Å². The Balaban J connectivity index is 5.55. The highest BCUT2D eigenvalue weighted by molar-refractivity contribution is 7.70. The maximum atomic E-state index is 11.9. The van der Waals surface area contributed by atoms with Gasteiger partial charge in [-0.15, -0.1) is 0 Å². The van der Waals surface area contributed by atoms with Crippen LogP contribution in [0, 0.1) is 10.8 Å². The fraction of sp³-hybridized carbons (Fsp3) is 1.00. The topological polar surface area (TPSA) is 37.4 Å². The van der Waals surface area contributed by atoms with E-state index in [1.165, 1.54) is 0 Å². The van der Waals surface area contributed by atoms with E-state index in [4.69, 9.17) is 0 Å². The van der Waals surface area contributed by atoms with Gasteiger partial charge < -0.3 is 0 Å². The van der Waals surface area contributed by atoms with E-state index < -0.39 is 10.9 Å². The Morgan fingerprint density at radius 1 is 0.650 bits per heavy atom. The Morgan fingerprint density at radius 2 is 0.900 bits per heavy atom. The number of hydrogen-bond acceptors (Lipinski definition) is 2. The Hall–Kier alpha value is -0.0900. The Morgan fingerprint density at radius 3 is 1.05 bits per heavy atom. The SMILES string of the molecule is CC(C)(C)CC(C)(C)N([SH](=O)=O)C(C)(C)CC(C)(C)C. The lowest BCUT2D eigenvalue weighted by Crippen LogP contribution is -2.56. The van der Waals surface area contributed by atoms with Crippen LogP contribution in [0.25, 0.3) is 0 Å². The second-order valence-corrected chi connectivity index (χ2v) is 10.5. The summed E-state index contributed by atoms with van der Waals surface area (Å²) in [6.07, 6.45) is 1.66. The quantitative estimate of drug-likeness (QED) is 0.771. The summed E-state index contributed by atoms with van der Waals surface area (Å²) in [5, 5.41) is 0. The molecule has 0 saturated heterocycles. The Bertz CT molecular complexity index is 360. The number of rotatable bonds is 5. The van der Waals surface area contributed by atoms with Gasteiger partial charge in [-0.1, -0.05) is 41.5 Å². The van der Waals surface area contributed by atoms with Gasteiger partial charge in [0.1, 0.15) is 0 Å². The van der Waals surface area contributed by atoms with Crippen LogP contribution in [-0.4, -0.2) is 23.8 Å². The molecule has 122 valence electrons. The molecule has 0 heterocycles. The van der Waals surface area contributed by atoms with Crippen LogP contribution in [0.3, 0.4) is 0 Å². The van der Waals surface area contributed by atoms with Crippen molar-refractivity contribution >= 4 is 10.9 Å². The molecule has 0 rings (SSSR count). The van der Waals surface area contributed by atoms with Crippen LogP contribution < -0.4 is 0 Å². The van der Waals surface area contributed by atoms with E-state index in [-0.39, 0.29) is 21.9 Å². The highest BCUT2D eigenvalue weighted by Crippen LogP contribution is 2.39. The number of nitrogens with zero attached hydrogens (tertiary/aromatic N) is 1. The van der Waals surface area contributed by atoms with E-state index in [1.807, 2.05) is 27.7 Å². The fourth-order valence-corrected chi connectivity index (χ4v) is 5.03. The van der Waals surface area contributed by atoms with Gasteiger partial charge in [-0.05, 0) is 51.4 Å². The maximum absolute atomic E-state index is 11.9. The summed E-state index contributed by atoms with van der Waals surface area (Å²) in [6.45, 7) is 21.1. The zero-order chi connectivity index (χ0) is 16.6. The van der Waals surface area contributed by atoms with E-state index in [1.54, 1.807) is 4.31 Å². The molecule has 0 bridgehead atoms. The average molecular weight is 306 g/mol. The molecule has 20 heavy (non-hydrogen) atoms. The third kappa shape index (κ3) is 6.57. The molecule has 0 aromatic rings. The van der Waals surface area contributed by atoms with Crippen LogP contribution in [0.1, 0.15) is 82.1 Å². The molecule has 0 unspecified atom stereocenters. The van der Waals surface area contributed by atoms with Crippen LogP contribution in [0.2, 0.25) is 0 Å². The summed E-state index contributed by atoms with van der Waals surface area (Å²) in [5.74, 6) is 0. The van der Waals surface area contributed by atoms with Gasteiger partial charge in [0.05, 0.1) is 0 Å². The minimum Gasteiger partial charge on any atom is -0.215 e. The van der Waals surface area contributed by atoms with Crippen molar-refractivity contribution in [2.45, 2.75) is 93.2 Å². The molecular weight excluding hydrogens is 270 g/mol. The Labute approximate surface area is 128 Å². The summed E-state index contributed by atoms with van der Waals surface area (Å²) in [6, 6.07) is 0. The molecule has 0 fully saturated rings. The molecule has 0 N–H and O–H groups in total. The first-order valence-electron chi connectivity index (χ1n) is 7.43. The lowest BCUT2D eigenvalue weighted by molar-refractivity contribution is 0.0535. The van der Waals surface area contributed by atoms with Gasteiger partial charge in [-0.25, -0.2) is 8.42 Å². The molecule has 0 atom stereocenters. The van der Waals surface area contributed by atoms with Gasteiger partial charge in [0.2, 0.25) is 10.9 Å². The van der Waals surface area contributed by atoms with Crippen molar-refractivity contribution in [3.05, 3.63) is 0 Å². The van der Waals surface area contributed by atoms with Gasteiger partial charge in [0, 0.05) is 11.1 Å². The summed E-state index contributed by atoms with van der Waals surface area (Å²) >= 11 is 0. The van der Waals surface area contributed by atoms with Gasteiger partial charge in [0.25, 0.3) is 0 Å². The third-order valence-corrected chi connectivity index (χ3v) is 4.65. The smallest absolute Gasteiger partial charge is 0.204 e. The maximum Gasteiger partial charge on any atom is 0.204 e. The van der Waals surface area contributed by atoms with Crippen molar-refractivity contribution in [3.63, 3.8) is 0 Å². The van der Waals surface area contributed by atoms with Crippen molar-refractivity contribution in [2.75, 3.05) is 0 Å². The van der Waals surface area contributed by atoms with Crippen LogP contribution in [0.5, 0.6) is 0 Å². The van der Waals surface area contributed by atoms with Crippen LogP contribution >= 0.6 is 0 Å². The van der Waals surface area contributed by atoms with Crippen LogP contribution in [0.15, 0.2) is 0 Å². The van der Waals surface area contributed by atoms with Crippen molar-refractivity contribution in [1.82, 2.24) is 4.31 Å². The average Bonchev–Trinajstić information content (AvgIpc) is 1.87. The van der Waals surface area contributed by atoms with E-state index in [2.05, 4.69) is 41.5 Å². The normalized spacial score (nSPS) is 15.2. The van der Waals surface area contributed by atoms with E-state index in [0.29, 0.717) is 0 Å². The Kier molecular flexibility index (Phi) is 5.93. The zero-order valence-corrected chi connectivity index (χ0v) is 16.0. The van der Waals surface area contributed by atoms with Crippen molar-refractivity contribution in [2.24, 2.45) is 10.8 Å². The minimum absolute atomic E-state index is 0.0882. The predicted octanol–water partition coefficient (Wildman–Crippen LogP) is 4.24.